The topological polar surface area (TPSA) is 113 Å². The number of nitrogens with one attached hydrogen (secondary N) is 3. The molecule has 0 saturated heterocycles. The Morgan fingerprint density at radius 3 is 2.71 bits per heavy atom. The van der Waals surface area contributed by atoms with Crippen LogP contribution in [0.1, 0.15) is 6.92 Å². The van der Waals surface area contributed by atoms with Crippen molar-refractivity contribution < 1.29 is 13.3 Å². The summed E-state index contributed by atoms with van der Waals surface area (Å²) in [4.78, 5) is 11.7. The van der Waals surface area contributed by atoms with Crippen molar-refractivity contribution in [3.8, 4) is 0 Å². The number of thiocarbonyl (C=S) groups is 1. The number of nitro groups is 1. The predicted octanol–water partition coefficient (Wildman–Crippen LogP) is 0.828. The number of non-ortho nitro benzene ring substituents is 1. The molecule has 0 aromatic heterocycles. The minimum absolute atomic E-state index is 0.0620. The van der Waals surface area contributed by atoms with E-state index < -0.39 is 14.9 Å². The fraction of sp³-hybridized carbons (Fsp3) is 0.182. The number of hydrogen-bond acceptors (Lipinski definition) is 5. The standard InChI is InChI=1S/C11H14N4O4S2/c1-8(2)7-12-11(20)13-14-21(18,19)10-5-3-4-9(6-10)15(16)17/h3-6,14H,1,7H2,2H3,(H2,12,13,20). The Kier molecular flexibility index (Phi) is 5.76. The molecule has 0 amide bonds. The average Bonchev–Trinajstić information content (AvgIpc) is 2.43. The van der Waals surface area contributed by atoms with Gasteiger partial charge in [0.25, 0.3) is 15.7 Å². The van der Waals surface area contributed by atoms with Crippen molar-refractivity contribution in [3.05, 3.63) is 46.5 Å². The van der Waals surface area contributed by atoms with E-state index in [2.05, 4.69) is 17.3 Å². The van der Waals surface area contributed by atoms with Crippen LogP contribution in [0.2, 0.25) is 0 Å². The molecule has 0 fully saturated rings. The van der Waals surface area contributed by atoms with Crippen molar-refractivity contribution in [2.45, 2.75) is 11.8 Å². The lowest BCUT2D eigenvalue weighted by molar-refractivity contribution is -0.385. The third kappa shape index (κ3) is 5.45. The zero-order valence-corrected chi connectivity index (χ0v) is 12.8. The van der Waals surface area contributed by atoms with Gasteiger partial charge in [0.15, 0.2) is 5.11 Å². The molecule has 0 radical (unpaired) electrons. The van der Waals surface area contributed by atoms with E-state index in [0.717, 1.165) is 11.6 Å². The molecule has 0 spiro atoms. The largest absolute Gasteiger partial charge is 0.358 e. The number of sulfonamides is 1. The molecule has 1 aromatic carbocycles. The summed E-state index contributed by atoms with van der Waals surface area (Å²) >= 11 is 4.86. The van der Waals surface area contributed by atoms with Crippen molar-refractivity contribution >= 4 is 33.0 Å². The van der Waals surface area contributed by atoms with Gasteiger partial charge in [-0.25, -0.2) is 8.42 Å². The van der Waals surface area contributed by atoms with E-state index in [1.54, 1.807) is 6.92 Å². The minimum Gasteiger partial charge on any atom is -0.358 e. The van der Waals surface area contributed by atoms with E-state index >= 15 is 0 Å². The van der Waals surface area contributed by atoms with Crippen molar-refractivity contribution in [1.82, 2.24) is 15.6 Å². The second-order valence-corrected chi connectivity index (χ2v) is 6.22. The normalized spacial score (nSPS) is 10.7. The highest BCUT2D eigenvalue weighted by molar-refractivity contribution is 7.89. The lowest BCUT2D eigenvalue weighted by Gasteiger charge is -2.11. The Hall–Kier alpha value is -2.04. The van der Waals surface area contributed by atoms with E-state index in [4.69, 9.17) is 12.2 Å². The summed E-state index contributed by atoms with van der Waals surface area (Å²) in [5.41, 5.74) is 2.80. The number of benzene rings is 1. The van der Waals surface area contributed by atoms with Crippen LogP contribution in [0.4, 0.5) is 5.69 Å². The van der Waals surface area contributed by atoms with Crippen molar-refractivity contribution in [2.24, 2.45) is 0 Å². The van der Waals surface area contributed by atoms with E-state index in [1.807, 2.05) is 4.83 Å². The van der Waals surface area contributed by atoms with Gasteiger partial charge in [0.1, 0.15) is 0 Å². The van der Waals surface area contributed by atoms with Crippen LogP contribution in [0.3, 0.4) is 0 Å². The van der Waals surface area contributed by atoms with E-state index in [-0.39, 0.29) is 15.7 Å². The molecular formula is C11H14N4O4S2. The molecule has 0 atom stereocenters. The maximum Gasteiger partial charge on any atom is 0.270 e. The highest BCUT2D eigenvalue weighted by Gasteiger charge is 2.17. The van der Waals surface area contributed by atoms with Gasteiger partial charge in [-0.15, -0.1) is 4.83 Å². The number of hydrogen-bond donors (Lipinski definition) is 3. The minimum atomic E-state index is -3.97. The Bertz CT molecular complexity index is 673. The molecule has 0 aliphatic heterocycles. The summed E-state index contributed by atoms with van der Waals surface area (Å²) in [5, 5.41) is 13.4. The van der Waals surface area contributed by atoms with Gasteiger partial charge in [0.2, 0.25) is 0 Å². The molecule has 1 aromatic rings. The molecule has 1 rings (SSSR count). The second kappa shape index (κ2) is 7.11. The van der Waals surface area contributed by atoms with Crippen molar-refractivity contribution in [2.75, 3.05) is 6.54 Å². The summed E-state index contributed by atoms with van der Waals surface area (Å²) in [5.74, 6) is 0. The molecule has 8 nitrogen and oxygen atoms in total. The van der Waals surface area contributed by atoms with Crippen molar-refractivity contribution in [1.29, 1.82) is 0 Å². The Balaban J connectivity index is 2.74. The van der Waals surface area contributed by atoms with Gasteiger partial charge in [-0.3, -0.25) is 15.5 Å². The Morgan fingerprint density at radius 2 is 2.14 bits per heavy atom. The molecular weight excluding hydrogens is 316 g/mol. The molecule has 21 heavy (non-hydrogen) atoms. The van der Waals surface area contributed by atoms with Gasteiger partial charge in [0, 0.05) is 18.7 Å². The third-order valence-corrected chi connectivity index (χ3v) is 3.68. The van der Waals surface area contributed by atoms with Gasteiger partial charge in [-0.1, -0.05) is 18.2 Å². The van der Waals surface area contributed by atoms with Crippen LogP contribution in [0, 0.1) is 10.1 Å². The van der Waals surface area contributed by atoms with Gasteiger partial charge in [-0.05, 0) is 25.2 Å². The van der Waals surface area contributed by atoms with Gasteiger partial charge in [0.05, 0.1) is 9.82 Å². The number of nitrogens with zero attached hydrogens (tertiary/aromatic N) is 1. The number of nitro benzene ring substituents is 1. The van der Waals surface area contributed by atoms with Gasteiger partial charge < -0.3 is 5.32 Å². The average molecular weight is 330 g/mol. The first-order valence-electron chi connectivity index (χ1n) is 5.67. The molecule has 0 aliphatic rings. The summed E-state index contributed by atoms with van der Waals surface area (Å²) in [6.07, 6.45) is 0. The highest BCUT2D eigenvalue weighted by Crippen LogP contribution is 2.16. The molecule has 0 heterocycles. The fourth-order valence-corrected chi connectivity index (χ4v) is 2.29. The quantitative estimate of drug-likeness (QED) is 0.306. The summed E-state index contributed by atoms with van der Waals surface area (Å²) in [6, 6.07) is 4.67. The first kappa shape index (κ1) is 17.0. The van der Waals surface area contributed by atoms with Crippen LogP contribution in [0.5, 0.6) is 0 Å². The van der Waals surface area contributed by atoms with Crippen LogP contribution in [0.25, 0.3) is 0 Å². The van der Waals surface area contributed by atoms with E-state index in [1.165, 1.54) is 18.2 Å². The Morgan fingerprint density at radius 1 is 1.48 bits per heavy atom. The fourth-order valence-electron chi connectivity index (χ4n) is 1.21. The zero-order chi connectivity index (χ0) is 16.0. The maximum atomic E-state index is 11.9. The molecule has 10 heteroatoms. The molecule has 0 unspecified atom stereocenters. The zero-order valence-electron chi connectivity index (χ0n) is 11.1. The Labute approximate surface area is 127 Å². The van der Waals surface area contributed by atoms with E-state index in [0.29, 0.717) is 6.54 Å². The van der Waals surface area contributed by atoms with Crippen LogP contribution < -0.4 is 15.6 Å². The van der Waals surface area contributed by atoms with Crippen LogP contribution in [-0.2, 0) is 10.0 Å². The monoisotopic (exact) mass is 330 g/mol. The van der Waals surface area contributed by atoms with Crippen LogP contribution in [-0.4, -0.2) is 25.0 Å². The summed E-state index contributed by atoms with van der Waals surface area (Å²) in [7, 11) is -3.97. The second-order valence-electron chi connectivity index (χ2n) is 4.12. The maximum absolute atomic E-state index is 11.9. The van der Waals surface area contributed by atoms with E-state index in [9.17, 15) is 18.5 Å². The summed E-state index contributed by atoms with van der Waals surface area (Å²) in [6.45, 7) is 5.83. The van der Waals surface area contributed by atoms with Gasteiger partial charge in [-0.2, -0.15) is 0 Å². The smallest absolute Gasteiger partial charge is 0.270 e. The number of hydrazine groups is 1. The third-order valence-electron chi connectivity index (χ3n) is 2.19. The molecule has 0 aliphatic carbocycles. The first-order valence-corrected chi connectivity index (χ1v) is 7.56. The van der Waals surface area contributed by atoms with Gasteiger partial charge >= 0.3 is 0 Å². The molecule has 114 valence electrons. The molecule has 0 saturated carbocycles. The van der Waals surface area contributed by atoms with Crippen molar-refractivity contribution in [3.63, 3.8) is 0 Å². The lowest BCUT2D eigenvalue weighted by Crippen LogP contribution is -2.46. The number of rotatable bonds is 6. The molecule has 0 bridgehead atoms. The highest BCUT2D eigenvalue weighted by atomic mass is 32.2. The molecule has 3 N–H and O–H groups in total. The summed E-state index contributed by atoms with van der Waals surface area (Å²) < 4.78 is 23.9. The lowest BCUT2D eigenvalue weighted by atomic mass is 10.3. The predicted molar refractivity (Wildman–Crippen MR) is 82.0 cm³/mol. The SMILES string of the molecule is C=C(C)CNC(=S)NNS(=O)(=O)c1cccc([N+](=O)[O-])c1. The van der Waals surface area contributed by atoms with Crippen LogP contribution >= 0.6 is 12.2 Å². The first-order chi connectivity index (χ1) is 9.72. The van der Waals surface area contributed by atoms with Crippen LogP contribution in [0.15, 0.2) is 41.3 Å².